The lowest BCUT2D eigenvalue weighted by molar-refractivity contribution is -0.384. The number of hydrogen-bond acceptors (Lipinski definition) is 6. The number of carbonyl (C=O) groups excluding carboxylic acids is 3. The molecule has 0 saturated carbocycles. The first kappa shape index (κ1) is 25.0. The van der Waals surface area contributed by atoms with Gasteiger partial charge in [-0.3, -0.25) is 29.7 Å². The second-order valence-electron chi connectivity index (χ2n) is 7.56. The highest BCUT2D eigenvalue weighted by atomic mass is 16.6. The number of nitrogens with zero attached hydrogens (tertiary/aromatic N) is 1. The number of rotatable bonds is 12. The van der Waals surface area contributed by atoms with Crippen LogP contribution in [0.4, 0.5) is 11.4 Å². The van der Waals surface area contributed by atoms with Crippen LogP contribution in [0.3, 0.4) is 0 Å². The maximum atomic E-state index is 12.7. The van der Waals surface area contributed by atoms with Gasteiger partial charge in [0.2, 0.25) is 17.7 Å². The third-order valence-electron chi connectivity index (χ3n) is 4.52. The van der Waals surface area contributed by atoms with Crippen LogP contribution < -0.4 is 16.1 Å². The summed E-state index contributed by atoms with van der Waals surface area (Å²) in [6, 6.07) is 4.55. The molecular formula is C20H30N4O6. The molecule has 3 amide bonds. The Kier molecular flexibility index (Phi) is 10.5. The van der Waals surface area contributed by atoms with Crippen LogP contribution >= 0.6 is 0 Å². The Labute approximate surface area is 175 Å². The summed E-state index contributed by atoms with van der Waals surface area (Å²) in [6.45, 7) is 5.78. The molecule has 10 heteroatoms. The highest BCUT2D eigenvalue weighted by molar-refractivity contribution is 5.98. The zero-order valence-corrected chi connectivity index (χ0v) is 17.5. The van der Waals surface area contributed by atoms with E-state index in [4.69, 9.17) is 5.21 Å². The van der Waals surface area contributed by atoms with Crippen LogP contribution in [0, 0.1) is 22.0 Å². The molecule has 0 heterocycles. The molecule has 0 spiro atoms. The van der Waals surface area contributed by atoms with Crippen molar-refractivity contribution in [2.45, 2.75) is 58.9 Å². The lowest BCUT2D eigenvalue weighted by Gasteiger charge is -2.23. The molecule has 2 atom stereocenters. The van der Waals surface area contributed by atoms with E-state index in [0.717, 1.165) is 12.8 Å². The zero-order valence-electron chi connectivity index (χ0n) is 17.5. The molecule has 1 rings (SSSR count). The second kappa shape index (κ2) is 12.5. The first-order chi connectivity index (χ1) is 14.2. The van der Waals surface area contributed by atoms with Crippen molar-refractivity contribution in [1.82, 2.24) is 10.8 Å². The Balaban J connectivity index is 2.89. The van der Waals surface area contributed by atoms with Crippen molar-refractivity contribution in [3.8, 4) is 0 Å². The van der Waals surface area contributed by atoms with Crippen LogP contribution in [0.1, 0.15) is 52.9 Å². The lowest BCUT2D eigenvalue weighted by Crippen LogP contribution is -2.47. The Morgan fingerprint density at radius 2 is 1.77 bits per heavy atom. The maximum absolute atomic E-state index is 12.7. The van der Waals surface area contributed by atoms with E-state index in [2.05, 4.69) is 10.6 Å². The third-order valence-corrected chi connectivity index (χ3v) is 4.52. The van der Waals surface area contributed by atoms with Crippen LogP contribution in [-0.4, -0.2) is 33.9 Å². The largest absolute Gasteiger partial charge is 0.344 e. The van der Waals surface area contributed by atoms with E-state index in [-0.39, 0.29) is 18.0 Å². The fraction of sp³-hybridized carbons (Fsp3) is 0.550. The average molecular weight is 422 g/mol. The third kappa shape index (κ3) is 8.56. The van der Waals surface area contributed by atoms with Crippen molar-refractivity contribution in [2.75, 3.05) is 5.32 Å². The van der Waals surface area contributed by atoms with E-state index in [1.54, 1.807) is 0 Å². The molecular weight excluding hydrogens is 392 g/mol. The Bertz CT molecular complexity index is 735. The van der Waals surface area contributed by atoms with Gasteiger partial charge in [0.05, 0.1) is 4.92 Å². The summed E-state index contributed by atoms with van der Waals surface area (Å²) in [7, 11) is 0. The first-order valence-corrected chi connectivity index (χ1v) is 9.96. The summed E-state index contributed by atoms with van der Waals surface area (Å²) in [6.07, 6.45) is 2.20. The number of nitrogens with one attached hydrogen (secondary N) is 3. The van der Waals surface area contributed by atoms with E-state index in [1.165, 1.54) is 29.7 Å². The molecule has 0 aliphatic rings. The molecule has 4 N–H and O–H groups in total. The minimum atomic E-state index is -0.839. The molecule has 0 aliphatic carbocycles. The van der Waals surface area contributed by atoms with E-state index < -0.39 is 34.6 Å². The van der Waals surface area contributed by atoms with E-state index in [0.29, 0.717) is 18.5 Å². The molecule has 0 bridgehead atoms. The average Bonchev–Trinajstić information content (AvgIpc) is 2.70. The predicted octanol–water partition coefficient (Wildman–Crippen LogP) is 2.77. The van der Waals surface area contributed by atoms with Crippen molar-refractivity contribution in [3.63, 3.8) is 0 Å². The zero-order chi connectivity index (χ0) is 22.7. The van der Waals surface area contributed by atoms with Gasteiger partial charge in [0.15, 0.2) is 0 Å². The van der Waals surface area contributed by atoms with Crippen LogP contribution in [-0.2, 0) is 14.4 Å². The summed E-state index contributed by atoms with van der Waals surface area (Å²) in [5.74, 6) is -2.11. The van der Waals surface area contributed by atoms with Crippen molar-refractivity contribution in [2.24, 2.45) is 11.8 Å². The molecule has 0 radical (unpaired) electrons. The number of carbonyl (C=O) groups is 3. The van der Waals surface area contributed by atoms with Gasteiger partial charge in [-0.1, -0.05) is 33.6 Å². The van der Waals surface area contributed by atoms with Crippen LogP contribution in [0.25, 0.3) is 0 Å². The standard InChI is InChI=1S/C20H30N4O6/c1-4-5-6-14(12-18(25)23-28)19(26)22-17(11-13(2)3)20(27)21-15-7-9-16(10-8-15)24(29)30/h7-10,13-14,17,28H,4-6,11-12H2,1-3H3,(H,21,27)(H,22,26)(H,23,25). The van der Waals surface area contributed by atoms with Gasteiger partial charge in [-0.2, -0.15) is 0 Å². The molecule has 1 aromatic carbocycles. The number of benzene rings is 1. The smallest absolute Gasteiger partial charge is 0.269 e. The molecule has 0 aromatic heterocycles. The Morgan fingerprint density at radius 1 is 1.13 bits per heavy atom. The highest BCUT2D eigenvalue weighted by Gasteiger charge is 2.27. The van der Waals surface area contributed by atoms with Crippen molar-refractivity contribution < 1.29 is 24.5 Å². The summed E-state index contributed by atoms with van der Waals surface area (Å²) < 4.78 is 0. The van der Waals surface area contributed by atoms with Gasteiger partial charge < -0.3 is 10.6 Å². The molecule has 0 saturated heterocycles. The number of hydrogen-bond donors (Lipinski definition) is 4. The second-order valence-corrected chi connectivity index (χ2v) is 7.56. The lowest BCUT2D eigenvalue weighted by atomic mass is 9.95. The number of non-ortho nitro benzene ring substituents is 1. The molecule has 2 unspecified atom stereocenters. The van der Waals surface area contributed by atoms with Crippen molar-refractivity contribution >= 4 is 29.1 Å². The van der Waals surface area contributed by atoms with Gasteiger partial charge in [0.25, 0.3) is 5.69 Å². The monoisotopic (exact) mass is 422 g/mol. The SMILES string of the molecule is CCCCC(CC(=O)NO)C(=O)NC(CC(C)C)C(=O)Nc1ccc([N+](=O)[O-])cc1. The Morgan fingerprint density at radius 3 is 2.27 bits per heavy atom. The summed E-state index contributed by atoms with van der Waals surface area (Å²) in [4.78, 5) is 47.2. The predicted molar refractivity (Wildman–Crippen MR) is 111 cm³/mol. The normalized spacial score (nSPS) is 12.7. The minimum Gasteiger partial charge on any atom is -0.344 e. The van der Waals surface area contributed by atoms with Crippen LogP contribution in [0.5, 0.6) is 0 Å². The van der Waals surface area contributed by atoms with Gasteiger partial charge in [0.1, 0.15) is 6.04 Å². The van der Waals surface area contributed by atoms with Crippen LogP contribution in [0.15, 0.2) is 24.3 Å². The summed E-state index contributed by atoms with van der Waals surface area (Å²) in [5.41, 5.74) is 1.81. The fourth-order valence-electron chi connectivity index (χ4n) is 2.93. The molecule has 30 heavy (non-hydrogen) atoms. The molecule has 0 aliphatic heterocycles. The summed E-state index contributed by atoms with van der Waals surface area (Å²) in [5, 5.41) is 24.9. The number of nitro groups is 1. The van der Waals surface area contributed by atoms with Gasteiger partial charge in [0, 0.05) is 30.2 Å². The number of unbranched alkanes of at least 4 members (excludes halogenated alkanes) is 1. The maximum Gasteiger partial charge on any atom is 0.269 e. The van der Waals surface area contributed by atoms with Crippen LogP contribution in [0.2, 0.25) is 0 Å². The van der Waals surface area contributed by atoms with Crippen molar-refractivity contribution in [1.29, 1.82) is 0 Å². The number of nitro benzene ring substituents is 1. The van der Waals surface area contributed by atoms with E-state index >= 15 is 0 Å². The quantitative estimate of drug-likeness (QED) is 0.231. The van der Waals surface area contributed by atoms with E-state index in [1.807, 2.05) is 20.8 Å². The molecule has 0 fully saturated rings. The molecule has 166 valence electrons. The first-order valence-electron chi connectivity index (χ1n) is 9.96. The summed E-state index contributed by atoms with van der Waals surface area (Å²) >= 11 is 0. The minimum absolute atomic E-state index is 0.0963. The van der Waals surface area contributed by atoms with Gasteiger partial charge in [-0.15, -0.1) is 0 Å². The highest BCUT2D eigenvalue weighted by Crippen LogP contribution is 2.18. The molecule has 1 aromatic rings. The Hall–Kier alpha value is -3.01. The number of hydroxylamine groups is 1. The number of anilines is 1. The van der Waals surface area contributed by atoms with Gasteiger partial charge in [-0.25, -0.2) is 5.48 Å². The topological polar surface area (TPSA) is 151 Å². The fourth-order valence-corrected chi connectivity index (χ4v) is 2.93. The van der Waals surface area contributed by atoms with Crippen molar-refractivity contribution in [3.05, 3.63) is 34.4 Å². The van der Waals surface area contributed by atoms with Gasteiger partial charge >= 0.3 is 0 Å². The number of amides is 3. The molecule has 10 nitrogen and oxygen atoms in total. The van der Waals surface area contributed by atoms with Gasteiger partial charge in [-0.05, 0) is 30.9 Å². The van der Waals surface area contributed by atoms with E-state index in [9.17, 15) is 24.5 Å².